The van der Waals surface area contributed by atoms with Gasteiger partial charge in [0, 0.05) is 12.0 Å². The van der Waals surface area contributed by atoms with E-state index in [9.17, 15) is 8.78 Å². The molecule has 0 saturated carbocycles. The van der Waals surface area contributed by atoms with E-state index < -0.39 is 6.61 Å². The number of benzene rings is 1. The van der Waals surface area contributed by atoms with Crippen molar-refractivity contribution in [1.29, 1.82) is 0 Å². The second-order valence-electron chi connectivity index (χ2n) is 4.34. The Morgan fingerprint density at radius 2 is 2.22 bits per heavy atom. The lowest BCUT2D eigenvalue weighted by Gasteiger charge is -2.13. The van der Waals surface area contributed by atoms with Gasteiger partial charge in [-0.2, -0.15) is 23.7 Å². The number of H-pyrrole nitrogens is 1. The van der Waals surface area contributed by atoms with E-state index in [1.54, 1.807) is 25.1 Å². The number of alkyl halides is 2. The van der Waals surface area contributed by atoms with Gasteiger partial charge in [-0.25, -0.2) is 0 Å². The van der Waals surface area contributed by atoms with Crippen LogP contribution in [-0.2, 0) is 6.42 Å². The molecule has 1 aromatic carbocycles. The van der Waals surface area contributed by atoms with Crippen molar-refractivity contribution in [2.45, 2.75) is 26.9 Å². The smallest absolute Gasteiger partial charge is 0.387 e. The first kappa shape index (κ1) is 17.1. The van der Waals surface area contributed by atoms with Crippen LogP contribution in [0.4, 0.5) is 8.78 Å². The highest BCUT2D eigenvalue weighted by Crippen LogP contribution is 2.31. The Bertz CT molecular complexity index is 743. The Morgan fingerprint density at radius 1 is 1.43 bits per heavy atom. The molecule has 124 valence electrons. The molecule has 2 aromatic rings. The van der Waals surface area contributed by atoms with Gasteiger partial charge in [0.05, 0.1) is 12.8 Å². The molecule has 1 aromatic heterocycles. The zero-order chi connectivity index (χ0) is 16.8. The third kappa shape index (κ3) is 4.13. The molecule has 0 aliphatic carbocycles. The summed E-state index contributed by atoms with van der Waals surface area (Å²) >= 11 is 5.08. The number of nitrogens with zero attached hydrogens (tertiary/aromatic N) is 3. The van der Waals surface area contributed by atoms with Crippen molar-refractivity contribution >= 4 is 18.4 Å². The predicted molar refractivity (Wildman–Crippen MR) is 84.0 cm³/mol. The SMILES string of the molecule is CCOc1cccc(/C=N\n2c(CC)n[nH]c2=S)c1OC(F)F. The van der Waals surface area contributed by atoms with Crippen LogP contribution in [0.15, 0.2) is 23.3 Å². The van der Waals surface area contributed by atoms with Gasteiger partial charge in [0.15, 0.2) is 17.3 Å². The minimum absolute atomic E-state index is 0.0684. The van der Waals surface area contributed by atoms with Gasteiger partial charge in [-0.15, -0.1) is 0 Å². The molecule has 6 nitrogen and oxygen atoms in total. The summed E-state index contributed by atoms with van der Waals surface area (Å²) in [5, 5.41) is 10.8. The van der Waals surface area contributed by atoms with Crippen LogP contribution in [0.1, 0.15) is 25.2 Å². The van der Waals surface area contributed by atoms with E-state index >= 15 is 0 Å². The summed E-state index contributed by atoms with van der Waals surface area (Å²) in [7, 11) is 0. The molecule has 0 fully saturated rings. The molecule has 9 heteroatoms. The summed E-state index contributed by atoms with van der Waals surface area (Å²) in [6.45, 7) is 1.02. The molecular formula is C14H16F2N4O2S. The number of aryl methyl sites for hydroxylation is 1. The molecule has 0 unspecified atom stereocenters. The normalized spacial score (nSPS) is 11.3. The van der Waals surface area contributed by atoms with Crippen LogP contribution in [0.2, 0.25) is 0 Å². The van der Waals surface area contributed by atoms with Crippen LogP contribution < -0.4 is 9.47 Å². The van der Waals surface area contributed by atoms with Crippen LogP contribution in [0.5, 0.6) is 11.5 Å². The van der Waals surface area contributed by atoms with Crippen LogP contribution in [0.25, 0.3) is 0 Å². The van der Waals surface area contributed by atoms with E-state index in [0.29, 0.717) is 29.2 Å². The average Bonchev–Trinajstić information content (AvgIpc) is 2.87. The van der Waals surface area contributed by atoms with Crippen LogP contribution in [0.3, 0.4) is 0 Å². The van der Waals surface area contributed by atoms with Gasteiger partial charge in [-0.1, -0.05) is 13.0 Å². The summed E-state index contributed by atoms with van der Waals surface area (Å²) in [6, 6.07) is 4.82. The van der Waals surface area contributed by atoms with Crippen molar-refractivity contribution < 1.29 is 18.3 Å². The molecule has 0 atom stereocenters. The summed E-state index contributed by atoms with van der Waals surface area (Å²) in [4.78, 5) is 0. The van der Waals surface area contributed by atoms with Crippen LogP contribution >= 0.6 is 12.2 Å². The number of aromatic amines is 1. The molecule has 0 amide bonds. The highest BCUT2D eigenvalue weighted by Gasteiger charge is 2.15. The van der Waals surface area contributed by atoms with Gasteiger partial charge in [-0.05, 0) is 31.3 Å². The molecule has 1 N–H and O–H groups in total. The fourth-order valence-corrected chi connectivity index (χ4v) is 2.11. The number of aromatic nitrogens is 3. The molecule has 2 rings (SSSR count). The highest BCUT2D eigenvalue weighted by molar-refractivity contribution is 7.71. The quantitative estimate of drug-likeness (QED) is 0.619. The average molecular weight is 342 g/mol. The van der Waals surface area contributed by atoms with Gasteiger partial charge in [-0.3, -0.25) is 5.10 Å². The first-order valence-corrected chi connectivity index (χ1v) is 7.38. The number of para-hydroxylation sites is 1. The third-order valence-electron chi connectivity index (χ3n) is 2.86. The van der Waals surface area contributed by atoms with E-state index in [1.165, 1.54) is 10.9 Å². The Labute approximate surface area is 136 Å². The summed E-state index contributed by atoms with van der Waals surface area (Å²) in [6.07, 6.45) is 1.99. The molecule has 0 saturated heterocycles. The van der Waals surface area contributed by atoms with Gasteiger partial charge in [0.2, 0.25) is 4.77 Å². The Balaban J connectivity index is 2.42. The minimum atomic E-state index is -2.97. The van der Waals surface area contributed by atoms with Crippen molar-refractivity contribution in [3.8, 4) is 11.5 Å². The Hall–Kier alpha value is -2.29. The van der Waals surface area contributed by atoms with E-state index in [1.807, 2.05) is 6.92 Å². The Kier molecular flexibility index (Phi) is 5.80. The third-order valence-corrected chi connectivity index (χ3v) is 3.13. The molecule has 0 radical (unpaired) electrons. The zero-order valence-corrected chi connectivity index (χ0v) is 13.4. The van der Waals surface area contributed by atoms with Gasteiger partial charge >= 0.3 is 6.61 Å². The van der Waals surface area contributed by atoms with Crippen molar-refractivity contribution in [1.82, 2.24) is 14.9 Å². The van der Waals surface area contributed by atoms with Gasteiger partial charge in [0.25, 0.3) is 0 Å². The van der Waals surface area contributed by atoms with E-state index in [-0.39, 0.29) is 11.5 Å². The maximum Gasteiger partial charge on any atom is 0.387 e. The first-order chi connectivity index (χ1) is 11.1. The van der Waals surface area contributed by atoms with Gasteiger partial charge in [0.1, 0.15) is 0 Å². The van der Waals surface area contributed by atoms with E-state index in [4.69, 9.17) is 17.0 Å². The number of hydrogen-bond donors (Lipinski definition) is 1. The zero-order valence-electron chi connectivity index (χ0n) is 12.6. The molecular weight excluding hydrogens is 326 g/mol. The maximum atomic E-state index is 12.7. The topological polar surface area (TPSA) is 64.4 Å². The highest BCUT2D eigenvalue weighted by atomic mass is 32.1. The summed E-state index contributed by atoms with van der Waals surface area (Å²) < 4.78 is 37.0. The van der Waals surface area contributed by atoms with Crippen molar-refractivity contribution in [3.05, 3.63) is 34.4 Å². The van der Waals surface area contributed by atoms with Crippen molar-refractivity contribution in [3.63, 3.8) is 0 Å². The number of nitrogens with one attached hydrogen (secondary N) is 1. The van der Waals surface area contributed by atoms with Crippen molar-refractivity contribution in [2.24, 2.45) is 5.10 Å². The number of rotatable bonds is 7. The molecule has 1 heterocycles. The minimum Gasteiger partial charge on any atom is -0.490 e. The lowest BCUT2D eigenvalue weighted by molar-refractivity contribution is -0.0515. The summed E-state index contributed by atoms with van der Waals surface area (Å²) in [5.41, 5.74) is 0.349. The van der Waals surface area contributed by atoms with Crippen LogP contribution in [0, 0.1) is 4.77 Å². The molecule has 23 heavy (non-hydrogen) atoms. The number of hydrogen-bond acceptors (Lipinski definition) is 5. The lowest BCUT2D eigenvalue weighted by atomic mass is 10.2. The second-order valence-corrected chi connectivity index (χ2v) is 4.73. The predicted octanol–water partition coefficient (Wildman–Crippen LogP) is 3.39. The summed E-state index contributed by atoms with van der Waals surface area (Å²) in [5.74, 6) is 0.785. The monoisotopic (exact) mass is 342 g/mol. The standard InChI is InChI=1S/C14H16F2N4O2S/c1-3-11-18-19-14(23)20(11)17-8-9-6-5-7-10(21-4-2)12(9)22-13(15)16/h5-8,13H,3-4H2,1-2H3,(H,19,23)/b17-8-. The lowest BCUT2D eigenvalue weighted by Crippen LogP contribution is -2.07. The second kappa shape index (κ2) is 7.82. The van der Waals surface area contributed by atoms with Crippen LogP contribution in [-0.4, -0.2) is 34.3 Å². The largest absolute Gasteiger partial charge is 0.490 e. The number of halogens is 2. The maximum absolute atomic E-state index is 12.7. The molecule has 0 aliphatic heterocycles. The molecule has 0 spiro atoms. The fourth-order valence-electron chi connectivity index (χ4n) is 1.91. The Morgan fingerprint density at radius 3 is 2.87 bits per heavy atom. The fraction of sp³-hybridized carbons (Fsp3) is 0.357. The van der Waals surface area contributed by atoms with E-state index in [0.717, 1.165) is 0 Å². The number of ether oxygens (including phenoxy) is 2. The van der Waals surface area contributed by atoms with E-state index in [2.05, 4.69) is 20.0 Å². The van der Waals surface area contributed by atoms with Gasteiger partial charge < -0.3 is 9.47 Å². The van der Waals surface area contributed by atoms with Crippen molar-refractivity contribution in [2.75, 3.05) is 6.61 Å². The molecule has 0 bridgehead atoms. The first-order valence-electron chi connectivity index (χ1n) is 6.98. The molecule has 0 aliphatic rings.